The number of aromatic nitrogens is 1. The van der Waals surface area contributed by atoms with Crippen molar-refractivity contribution < 1.29 is 41.5 Å². The van der Waals surface area contributed by atoms with Crippen LogP contribution in [0, 0.1) is 10.1 Å². The summed E-state index contributed by atoms with van der Waals surface area (Å²) in [6.45, 7) is 1.22. The predicted molar refractivity (Wildman–Crippen MR) is 169 cm³/mol. The zero-order valence-corrected chi connectivity index (χ0v) is 26.2. The molecule has 2 aromatic heterocycles. The zero-order valence-electron chi connectivity index (χ0n) is 25.4. The van der Waals surface area contributed by atoms with E-state index in [1.54, 1.807) is 36.4 Å². The number of alkyl halides is 3. The summed E-state index contributed by atoms with van der Waals surface area (Å²) in [5, 5.41) is 12.8. The standard InChI is InChI=1S/C33H24F3N3O8S/c1-4-46-31(41)27-28(26-20-8-6-5-7-17(20)9-13-24(26)45-3)38-30(40)25(48-32(38)37-29(27)33(34,35)36)16-19-11-14-23(47-19)21-12-10-18(44-2)15-22(21)39(42)43/h5-16,28H,4H2,1-3H3/b25-16-/t28-/m1/s1. The van der Waals surface area contributed by atoms with Crippen LogP contribution in [0.2, 0.25) is 0 Å². The molecule has 1 aliphatic rings. The molecule has 0 amide bonds. The van der Waals surface area contributed by atoms with Crippen molar-refractivity contribution in [2.75, 3.05) is 20.8 Å². The summed E-state index contributed by atoms with van der Waals surface area (Å²) >= 11 is 0.655. The molecule has 5 aromatic rings. The van der Waals surface area contributed by atoms with E-state index in [0.717, 1.165) is 4.57 Å². The van der Waals surface area contributed by atoms with Gasteiger partial charge in [0.2, 0.25) is 0 Å². The number of ether oxygens (including phenoxy) is 3. The molecule has 11 nitrogen and oxygen atoms in total. The van der Waals surface area contributed by atoms with Crippen molar-refractivity contribution in [2.45, 2.75) is 19.1 Å². The topological polar surface area (TPSA) is 135 Å². The molecule has 0 spiro atoms. The van der Waals surface area contributed by atoms with E-state index in [9.17, 15) is 32.9 Å². The largest absolute Gasteiger partial charge is 0.497 e. The molecule has 246 valence electrons. The number of hydrogen-bond donors (Lipinski definition) is 0. The van der Waals surface area contributed by atoms with Crippen LogP contribution in [0.25, 0.3) is 28.2 Å². The summed E-state index contributed by atoms with van der Waals surface area (Å²) in [6.07, 6.45) is -3.81. The minimum absolute atomic E-state index is 0.0743. The zero-order chi connectivity index (χ0) is 34.3. The second-order valence-electron chi connectivity index (χ2n) is 10.3. The van der Waals surface area contributed by atoms with Crippen molar-refractivity contribution in [3.05, 3.63) is 119 Å². The molecule has 3 aromatic carbocycles. The molecule has 0 N–H and O–H groups in total. The third-order valence-electron chi connectivity index (χ3n) is 7.59. The van der Waals surface area contributed by atoms with Gasteiger partial charge in [0.05, 0.1) is 47.5 Å². The number of nitro benzene ring substituents is 1. The van der Waals surface area contributed by atoms with Gasteiger partial charge in [0.25, 0.3) is 11.2 Å². The van der Waals surface area contributed by atoms with Gasteiger partial charge in [-0.25, -0.2) is 9.79 Å². The Hall–Kier alpha value is -5.70. The maximum absolute atomic E-state index is 14.7. The molecule has 0 fully saturated rings. The number of nitrogens with zero attached hydrogens (tertiary/aromatic N) is 3. The van der Waals surface area contributed by atoms with Crippen LogP contribution in [0.5, 0.6) is 11.5 Å². The lowest BCUT2D eigenvalue weighted by molar-refractivity contribution is -0.384. The number of methoxy groups -OCH3 is 2. The van der Waals surface area contributed by atoms with Crippen LogP contribution in [-0.2, 0) is 9.53 Å². The van der Waals surface area contributed by atoms with E-state index in [-0.39, 0.29) is 55.8 Å². The van der Waals surface area contributed by atoms with Crippen molar-refractivity contribution in [2.24, 2.45) is 4.99 Å². The fourth-order valence-electron chi connectivity index (χ4n) is 5.55. The number of nitro groups is 1. The van der Waals surface area contributed by atoms with E-state index in [2.05, 4.69) is 4.99 Å². The number of allylic oxidation sites excluding steroid dienone is 1. The Morgan fingerprint density at radius 3 is 2.56 bits per heavy atom. The van der Waals surface area contributed by atoms with Crippen molar-refractivity contribution in [1.29, 1.82) is 0 Å². The Morgan fingerprint density at radius 1 is 1.10 bits per heavy atom. The first-order valence-electron chi connectivity index (χ1n) is 14.2. The monoisotopic (exact) mass is 679 g/mol. The maximum atomic E-state index is 14.7. The smallest absolute Gasteiger partial charge is 0.434 e. The number of esters is 1. The molecule has 1 aliphatic heterocycles. The molecule has 1 atom stereocenters. The number of rotatable bonds is 8. The average Bonchev–Trinajstić information content (AvgIpc) is 3.66. The van der Waals surface area contributed by atoms with Gasteiger partial charge in [0, 0.05) is 11.6 Å². The number of thiazole rings is 1. The van der Waals surface area contributed by atoms with Crippen LogP contribution in [0.3, 0.4) is 0 Å². The van der Waals surface area contributed by atoms with E-state index < -0.39 is 39.9 Å². The van der Waals surface area contributed by atoms with E-state index in [4.69, 9.17) is 18.6 Å². The van der Waals surface area contributed by atoms with Gasteiger partial charge in [-0.3, -0.25) is 19.5 Å². The quantitative estimate of drug-likeness (QED) is 0.116. The van der Waals surface area contributed by atoms with Crippen LogP contribution >= 0.6 is 11.3 Å². The Morgan fingerprint density at radius 2 is 1.88 bits per heavy atom. The first kappa shape index (κ1) is 32.2. The van der Waals surface area contributed by atoms with E-state index in [1.807, 2.05) is 0 Å². The first-order valence-corrected chi connectivity index (χ1v) is 15.1. The lowest BCUT2D eigenvalue weighted by atomic mass is 9.90. The predicted octanol–water partition coefficient (Wildman–Crippen LogP) is 5.68. The summed E-state index contributed by atoms with van der Waals surface area (Å²) in [6, 6.07) is 15.5. The number of carbonyl (C=O) groups excluding carboxylic acids is 1. The average molecular weight is 680 g/mol. The van der Waals surface area contributed by atoms with Gasteiger partial charge in [0.15, 0.2) is 10.5 Å². The number of hydrogen-bond acceptors (Lipinski definition) is 10. The Labute approximate surface area is 272 Å². The number of fused-ring (bicyclic) bond motifs is 2. The molecule has 15 heteroatoms. The first-order chi connectivity index (χ1) is 23.0. The highest BCUT2D eigenvalue weighted by Crippen LogP contribution is 2.43. The molecular weight excluding hydrogens is 655 g/mol. The van der Waals surface area contributed by atoms with Crippen LogP contribution in [0.1, 0.15) is 24.3 Å². The summed E-state index contributed by atoms with van der Waals surface area (Å²) < 4.78 is 66.6. The number of benzene rings is 3. The molecule has 48 heavy (non-hydrogen) atoms. The minimum atomic E-state index is -5.10. The number of halogens is 3. The van der Waals surface area contributed by atoms with Crippen LogP contribution in [0.15, 0.2) is 92.2 Å². The summed E-state index contributed by atoms with van der Waals surface area (Å²) in [5.41, 5.74) is -3.15. The fraction of sp³-hybridized carbons (Fsp3) is 0.182. The summed E-state index contributed by atoms with van der Waals surface area (Å²) in [4.78, 5) is 42.1. The fourth-order valence-corrected chi connectivity index (χ4v) is 6.53. The van der Waals surface area contributed by atoms with Crippen LogP contribution in [-0.4, -0.2) is 42.5 Å². The lowest BCUT2D eigenvalue weighted by Gasteiger charge is -2.28. The molecule has 0 bridgehead atoms. The van der Waals surface area contributed by atoms with Crippen LogP contribution in [0.4, 0.5) is 18.9 Å². The highest BCUT2D eigenvalue weighted by molar-refractivity contribution is 7.07. The molecule has 0 aliphatic carbocycles. The molecular formula is C33H24F3N3O8S. The molecule has 0 radical (unpaired) electrons. The van der Waals surface area contributed by atoms with Crippen molar-refractivity contribution in [3.63, 3.8) is 0 Å². The van der Waals surface area contributed by atoms with Gasteiger partial charge in [-0.2, -0.15) is 13.2 Å². The van der Waals surface area contributed by atoms with Gasteiger partial charge in [-0.15, -0.1) is 0 Å². The van der Waals surface area contributed by atoms with Crippen LogP contribution < -0.4 is 24.4 Å². The number of furan rings is 1. The lowest BCUT2D eigenvalue weighted by Crippen LogP contribution is -2.41. The van der Waals surface area contributed by atoms with Gasteiger partial charge in [0.1, 0.15) is 29.1 Å². The van der Waals surface area contributed by atoms with Gasteiger partial charge < -0.3 is 18.6 Å². The van der Waals surface area contributed by atoms with Crippen molar-refractivity contribution in [1.82, 2.24) is 4.57 Å². The van der Waals surface area contributed by atoms with E-state index >= 15 is 0 Å². The minimum Gasteiger partial charge on any atom is -0.497 e. The second kappa shape index (κ2) is 12.5. The third-order valence-corrected chi connectivity index (χ3v) is 8.57. The maximum Gasteiger partial charge on any atom is 0.434 e. The van der Waals surface area contributed by atoms with Gasteiger partial charge in [-0.05, 0) is 48.0 Å². The highest BCUT2D eigenvalue weighted by atomic mass is 32.1. The SMILES string of the molecule is CCOC(=O)C1=C(C(F)(F)F)N=c2s/c(=C\c3ccc(-c4ccc(OC)cc4[N+](=O)[O-])o3)c(=O)n2[C@@H]1c1c(OC)ccc2ccccc12. The number of carbonyl (C=O) groups is 1. The van der Waals surface area contributed by atoms with Crippen molar-refractivity contribution in [3.8, 4) is 22.8 Å². The molecule has 0 saturated heterocycles. The Kier molecular flexibility index (Phi) is 8.39. The van der Waals surface area contributed by atoms with Crippen molar-refractivity contribution >= 4 is 39.8 Å². The van der Waals surface area contributed by atoms with E-state index in [1.165, 1.54) is 57.6 Å². The van der Waals surface area contributed by atoms with E-state index in [0.29, 0.717) is 22.1 Å². The Balaban J connectivity index is 1.60. The molecule has 3 heterocycles. The molecule has 6 rings (SSSR count). The van der Waals surface area contributed by atoms with Gasteiger partial charge >= 0.3 is 12.1 Å². The normalized spacial score (nSPS) is 14.9. The molecule has 0 unspecified atom stereocenters. The summed E-state index contributed by atoms with van der Waals surface area (Å²) in [5.74, 6) is -0.711. The Bertz CT molecular complexity index is 2320. The molecule has 0 saturated carbocycles. The summed E-state index contributed by atoms with van der Waals surface area (Å²) in [7, 11) is 2.70. The highest BCUT2D eigenvalue weighted by Gasteiger charge is 2.46. The van der Waals surface area contributed by atoms with Gasteiger partial charge in [-0.1, -0.05) is 41.7 Å². The third kappa shape index (κ3) is 5.61. The second-order valence-corrected chi connectivity index (χ2v) is 11.3.